The van der Waals surface area contributed by atoms with Gasteiger partial charge in [-0.05, 0) is 33.3 Å². The van der Waals surface area contributed by atoms with Crippen LogP contribution in [0.25, 0.3) is 0 Å². The van der Waals surface area contributed by atoms with E-state index in [0.29, 0.717) is 12.0 Å². The highest BCUT2D eigenvalue weighted by Crippen LogP contribution is 2.19. The molecule has 1 heterocycles. The quantitative estimate of drug-likeness (QED) is 0.340. The maximum absolute atomic E-state index is 4.75. The second kappa shape index (κ2) is 11.5. The molecule has 0 fully saturated rings. The van der Waals surface area contributed by atoms with Crippen LogP contribution in [0, 0.1) is 13.8 Å². The molecular formula is C20H31IN4S. The predicted molar refractivity (Wildman–Crippen MR) is 124 cm³/mol. The van der Waals surface area contributed by atoms with Crippen molar-refractivity contribution >= 4 is 41.3 Å². The average Bonchev–Trinajstić information content (AvgIpc) is 2.92. The van der Waals surface area contributed by atoms with E-state index in [1.807, 2.05) is 0 Å². The minimum absolute atomic E-state index is 0. The Morgan fingerprint density at radius 2 is 1.88 bits per heavy atom. The third-order valence-electron chi connectivity index (χ3n) is 4.39. The molecule has 4 nitrogen and oxygen atoms in total. The van der Waals surface area contributed by atoms with Crippen LogP contribution in [-0.4, -0.2) is 30.1 Å². The fraction of sp³-hybridized carbons (Fsp3) is 0.500. The molecule has 2 N–H and O–H groups in total. The van der Waals surface area contributed by atoms with E-state index in [9.17, 15) is 0 Å². The van der Waals surface area contributed by atoms with Crippen LogP contribution in [0.5, 0.6) is 0 Å². The Hall–Kier alpha value is -1.15. The lowest BCUT2D eigenvalue weighted by molar-refractivity contribution is 0.550. The molecule has 0 aliphatic rings. The van der Waals surface area contributed by atoms with Gasteiger partial charge in [0, 0.05) is 36.3 Å². The second-order valence-corrected chi connectivity index (χ2v) is 7.67. The van der Waals surface area contributed by atoms with E-state index in [1.165, 1.54) is 10.4 Å². The molecule has 1 aromatic heterocycles. The van der Waals surface area contributed by atoms with Crippen LogP contribution in [0.15, 0.2) is 35.3 Å². The number of benzene rings is 1. The number of aromatic nitrogens is 1. The Kier molecular flexibility index (Phi) is 10.2. The zero-order valence-electron chi connectivity index (χ0n) is 16.4. The Morgan fingerprint density at radius 3 is 2.46 bits per heavy atom. The molecule has 0 saturated carbocycles. The number of aryl methyl sites for hydroxylation is 2. The summed E-state index contributed by atoms with van der Waals surface area (Å²) in [5.41, 5.74) is 2.48. The molecule has 0 radical (unpaired) electrons. The van der Waals surface area contributed by atoms with E-state index >= 15 is 0 Å². The van der Waals surface area contributed by atoms with Crippen LogP contribution in [0.1, 0.15) is 47.8 Å². The third kappa shape index (κ3) is 6.87. The van der Waals surface area contributed by atoms with E-state index < -0.39 is 0 Å². The van der Waals surface area contributed by atoms with Crippen molar-refractivity contribution in [3.63, 3.8) is 0 Å². The average molecular weight is 486 g/mol. The maximum Gasteiger partial charge on any atom is 0.191 e. The van der Waals surface area contributed by atoms with Crippen LogP contribution in [0.3, 0.4) is 0 Å². The summed E-state index contributed by atoms with van der Waals surface area (Å²) >= 11 is 1.77. The first kappa shape index (κ1) is 22.9. The van der Waals surface area contributed by atoms with Crippen molar-refractivity contribution < 1.29 is 0 Å². The Balaban J connectivity index is 0.00000338. The lowest BCUT2D eigenvalue weighted by Gasteiger charge is -2.24. The monoisotopic (exact) mass is 486 g/mol. The molecule has 144 valence electrons. The molecule has 0 bridgehead atoms. The number of aliphatic imine (C=N–C) groups is 1. The van der Waals surface area contributed by atoms with Crippen molar-refractivity contribution in [1.29, 1.82) is 0 Å². The molecule has 2 unspecified atom stereocenters. The van der Waals surface area contributed by atoms with Gasteiger partial charge in [0.25, 0.3) is 0 Å². The summed E-state index contributed by atoms with van der Waals surface area (Å²) in [4.78, 5) is 10.6. The molecule has 0 amide bonds. The SMILES string of the molecule is CCNC(=NCCc1sc(C)nc1C)NC(C)C(C)c1ccccc1.I. The van der Waals surface area contributed by atoms with Gasteiger partial charge in [-0.2, -0.15) is 0 Å². The zero-order chi connectivity index (χ0) is 18.2. The van der Waals surface area contributed by atoms with Crippen molar-refractivity contribution in [2.75, 3.05) is 13.1 Å². The Bertz CT molecular complexity index is 684. The Labute approximate surface area is 179 Å². The normalized spacial score (nSPS) is 13.7. The van der Waals surface area contributed by atoms with E-state index in [4.69, 9.17) is 4.99 Å². The van der Waals surface area contributed by atoms with E-state index in [0.717, 1.165) is 36.2 Å². The number of halogens is 1. The van der Waals surface area contributed by atoms with Gasteiger partial charge in [0.05, 0.1) is 10.7 Å². The van der Waals surface area contributed by atoms with Crippen LogP contribution in [0.4, 0.5) is 0 Å². The van der Waals surface area contributed by atoms with Gasteiger partial charge < -0.3 is 10.6 Å². The highest BCUT2D eigenvalue weighted by atomic mass is 127. The number of hydrogen-bond donors (Lipinski definition) is 2. The molecule has 26 heavy (non-hydrogen) atoms. The first-order valence-electron chi connectivity index (χ1n) is 9.04. The van der Waals surface area contributed by atoms with Gasteiger partial charge in [-0.1, -0.05) is 37.3 Å². The molecule has 0 saturated heterocycles. The first-order chi connectivity index (χ1) is 12.0. The highest BCUT2D eigenvalue weighted by Gasteiger charge is 2.15. The van der Waals surface area contributed by atoms with E-state index in [-0.39, 0.29) is 24.0 Å². The van der Waals surface area contributed by atoms with Gasteiger partial charge in [-0.25, -0.2) is 4.98 Å². The van der Waals surface area contributed by atoms with Crippen molar-refractivity contribution in [3.05, 3.63) is 51.5 Å². The van der Waals surface area contributed by atoms with E-state index in [1.54, 1.807) is 11.3 Å². The minimum Gasteiger partial charge on any atom is -0.357 e. The Morgan fingerprint density at radius 1 is 1.19 bits per heavy atom. The smallest absolute Gasteiger partial charge is 0.191 e. The molecule has 0 aliphatic heterocycles. The maximum atomic E-state index is 4.75. The number of thiazole rings is 1. The summed E-state index contributed by atoms with van der Waals surface area (Å²) in [5.74, 6) is 1.30. The predicted octanol–water partition coefficient (Wildman–Crippen LogP) is 4.67. The molecule has 2 atom stereocenters. The lowest BCUT2D eigenvalue weighted by Crippen LogP contribution is -2.44. The number of rotatable bonds is 7. The summed E-state index contributed by atoms with van der Waals surface area (Å²) in [7, 11) is 0. The standard InChI is InChI=1S/C20H30N4S.HI/c1-6-21-20(22-13-12-19-16(4)23-17(5)25-19)24-15(3)14(2)18-10-8-7-9-11-18;/h7-11,14-15H,6,12-13H2,1-5H3,(H2,21,22,24);1H. The molecule has 2 aromatic rings. The van der Waals surface area contributed by atoms with Gasteiger partial charge in [0.2, 0.25) is 0 Å². The zero-order valence-corrected chi connectivity index (χ0v) is 19.5. The first-order valence-corrected chi connectivity index (χ1v) is 9.85. The van der Waals surface area contributed by atoms with E-state index in [2.05, 4.69) is 80.6 Å². The van der Waals surface area contributed by atoms with Crippen molar-refractivity contribution in [1.82, 2.24) is 15.6 Å². The summed E-state index contributed by atoms with van der Waals surface area (Å²) in [6.45, 7) is 12.3. The largest absolute Gasteiger partial charge is 0.357 e. The summed E-state index contributed by atoms with van der Waals surface area (Å²) in [5, 5.41) is 8.03. The van der Waals surface area contributed by atoms with Crippen molar-refractivity contribution in [2.45, 2.75) is 53.0 Å². The molecule has 0 spiro atoms. The number of guanidine groups is 1. The van der Waals surface area contributed by atoms with Crippen LogP contribution < -0.4 is 10.6 Å². The van der Waals surface area contributed by atoms with Gasteiger partial charge in [-0.3, -0.25) is 4.99 Å². The number of hydrogen-bond acceptors (Lipinski definition) is 3. The number of nitrogens with zero attached hydrogens (tertiary/aromatic N) is 2. The summed E-state index contributed by atoms with van der Waals surface area (Å²) in [6, 6.07) is 10.9. The second-order valence-electron chi connectivity index (χ2n) is 6.38. The van der Waals surface area contributed by atoms with Gasteiger partial charge in [0.1, 0.15) is 0 Å². The summed E-state index contributed by atoms with van der Waals surface area (Å²) < 4.78 is 0. The molecule has 1 aromatic carbocycles. The topological polar surface area (TPSA) is 49.3 Å². The van der Waals surface area contributed by atoms with Gasteiger partial charge >= 0.3 is 0 Å². The fourth-order valence-electron chi connectivity index (χ4n) is 2.78. The minimum atomic E-state index is 0. The molecule has 2 rings (SSSR count). The van der Waals surface area contributed by atoms with Gasteiger partial charge in [0.15, 0.2) is 5.96 Å². The number of nitrogens with one attached hydrogen (secondary N) is 2. The van der Waals surface area contributed by atoms with Crippen LogP contribution in [-0.2, 0) is 6.42 Å². The molecule has 6 heteroatoms. The van der Waals surface area contributed by atoms with Crippen LogP contribution in [0.2, 0.25) is 0 Å². The molecule has 0 aliphatic carbocycles. The lowest BCUT2D eigenvalue weighted by atomic mass is 9.94. The third-order valence-corrected chi connectivity index (χ3v) is 5.52. The fourth-order valence-corrected chi connectivity index (χ4v) is 3.71. The van der Waals surface area contributed by atoms with Gasteiger partial charge in [-0.15, -0.1) is 35.3 Å². The van der Waals surface area contributed by atoms with Crippen molar-refractivity contribution in [3.8, 4) is 0 Å². The summed E-state index contributed by atoms with van der Waals surface area (Å²) in [6.07, 6.45) is 0.941. The highest BCUT2D eigenvalue weighted by molar-refractivity contribution is 14.0. The van der Waals surface area contributed by atoms with Crippen molar-refractivity contribution in [2.24, 2.45) is 4.99 Å². The van der Waals surface area contributed by atoms with Crippen LogP contribution >= 0.6 is 35.3 Å². The molecular weight excluding hydrogens is 455 g/mol.